The van der Waals surface area contributed by atoms with E-state index in [1.165, 1.54) is 11.1 Å². The van der Waals surface area contributed by atoms with Crippen LogP contribution >= 0.6 is 12.2 Å². The van der Waals surface area contributed by atoms with Gasteiger partial charge in [0.15, 0.2) is 4.77 Å². The van der Waals surface area contributed by atoms with Gasteiger partial charge in [0.25, 0.3) is 0 Å². The summed E-state index contributed by atoms with van der Waals surface area (Å²) in [6.45, 7) is 11.1. The first kappa shape index (κ1) is 12.4. The fourth-order valence-electron chi connectivity index (χ4n) is 2.06. The molecule has 0 aliphatic rings. The van der Waals surface area contributed by atoms with Crippen LogP contribution in [0.25, 0.3) is 11.0 Å². The molecule has 0 aliphatic carbocycles. The zero-order valence-electron chi connectivity index (χ0n) is 11.2. The number of nitrogens with zero attached hydrogens (tertiary/aromatic N) is 1. The summed E-state index contributed by atoms with van der Waals surface area (Å²) in [6, 6.07) is 6.70. The predicted molar refractivity (Wildman–Crippen MR) is 76.0 cm³/mol. The fraction of sp³-hybridized carbons (Fsp3) is 0.500. The zero-order chi connectivity index (χ0) is 12.8. The molecular weight excluding hydrogens is 228 g/mol. The number of fused-ring (bicyclic) bond motifs is 1. The van der Waals surface area contributed by atoms with Crippen molar-refractivity contribution < 1.29 is 0 Å². The molecule has 1 aromatic carbocycles. The highest BCUT2D eigenvalue weighted by molar-refractivity contribution is 7.71. The molecule has 17 heavy (non-hydrogen) atoms. The molecule has 1 unspecified atom stereocenters. The van der Waals surface area contributed by atoms with Crippen molar-refractivity contribution in [3.05, 3.63) is 28.5 Å². The Morgan fingerprint density at radius 1 is 1.29 bits per heavy atom. The third kappa shape index (κ3) is 2.04. The van der Waals surface area contributed by atoms with Gasteiger partial charge in [0.05, 0.1) is 11.0 Å². The van der Waals surface area contributed by atoms with E-state index in [4.69, 9.17) is 12.2 Å². The maximum atomic E-state index is 5.47. The third-order valence-corrected chi connectivity index (χ3v) is 3.90. The summed E-state index contributed by atoms with van der Waals surface area (Å²) in [5, 5.41) is 0. The van der Waals surface area contributed by atoms with E-state index in [1.807, 2.05) is 0 Å². The Labute approximate surface area is 108 Å². The lowest BCUT2D eigenvalue weighted by Crippen LogP contribution is -2.21. The second-order valence-electron chi connectivity index (χ2n) is 5.81. The highest BCUT2D eigenvalue weighted by Gasteiger charge is 2.24. The third-order valence-electron chi connectivity index (χ3n) is 3.60. The average molecular weight is 248 g/mol. The Hall–Kier alpha value is -1.09. The maximum Gasteiger partial charge on any atom is 0.178 e. The lowest BCUT2D eigenvalue weighted by atomic mass is 9.88. The van der Waals surface area contributed by atoms with Gasteiger partial charge in [-0.15, -0.1) is 0 Å². The van der Waals surface area contributed by atoms with Gasteiger partial charge in [-0.1, -0.05) is 32.9 Å². The molecule has 0 spiro atoms. The van der Waals surface area contributed by atoms with Crippen LogP contribution < -0.4 is 0 Å². The largest absolute Gasteiger partial charge is 0.330 e. The monoisotopic (exact) mass is 248 g/mol. The van der Waals surface area contributed by atoms with Crippen LogP contribution in [-0.2, 0) is 0 Å². The molecule has 0 radical (unpaired) electrons. The molecule has 0 aliphatic heterocycles. The van der Waals surface area contributed by atoms with E-state index in [9.17, 15) is 0 Å². The van der Waals surface area contributed by atoms with Gasteiger partial charge in [-0.3, -0.25) is 0 Å². The minimum absolute atomic E-state index is 0.192. The molecule has 1 atom stereocenters. The Kier molecular flexibility index (Phi) is 2.90. The highest BCUT2D eigenvalue weighted by atomic mass is 32.1. The number of rotatable bonds is 1. The number of nitrogens with one attached hydrogen (secondary N) is 1. The van der Waals surface area contributed by atoms with Gasteiger partial charge in [0.1, 0.15) is 0 Å². The Morgan fingerprint density at radius 2 is 1.94 bits per heavy atom. The van der Waals surface area contributed by atoms with Gasteiger partial charge in [-0.2, -0.15) is 0 Å². The summed E-state index contributed by atoms with van der Waals surface area (Å²) in [5.74, 6) is 0. The molecule has 1 aromatic heterocycles. The molecule has 92 valence electrons. The minimum Gasteiger partial charge on any atom is -0.330 e. The first-order valence-electron chi connectivity index (χ1n) is 6.02. The normalized spacial score (nSPS) is 14.2. The molecule has 1 N–H and O–H groups in total. The summed E-state index contributed by atoms with van der Waals surface area (Å²) < 4.78 is 3.05. The van der Waals surface area contributed by atoms with E-state index < -0.39 is 0 Å². The second-order valence-corrected chi connectivity index (χ2v) is 6.20. The van der Waals surface area contributed by atoms with Crippen LogP contribution in [-0.4, -0.2) is 9.55 Å². The number of hydrogen-bond acceptors (Lipinski definition) is 1. The van der Waals surface area contributed by atoms with Crippen molar-refractivity contribution in [2.45, 2.75) is 40.7 Å². The molecule has 2 nitrogen and oxygen atoms in total. The van der Waals surface area contributed by atoms with E-state index in [0.29, 0.717) is 6.04 Å². The molecule has 2 rings (SSSR count). The van der Waals surface area contributed by atoms with Crippen LogP contribution in [0.4, 0.5) is 0 Å². The quantitative estimate of drug-likeness (QED) is 0.731. The SMILES string of the molecule is Cc1cccc2c1[nH]c(=S)n2C(C)C(C)(C)C. The maximum absolute atomic E-state index is 5.47. The van der Waals surface area contributed by atoms with Crippen molar-refractivity contribution in [3.63, 3.8) is 0 Å². The highest BCUT2D eigenvalue weighted by Crippen LogP contribution is 2.33. The van der Waals surface area contributed by atoms with Gasteiger partial charge in [0.2, 0.25) is 0 Å². The summed E-state index contributed by atoms with van der Waals surface area (Å²) in [7, 11) is 0. The first-order chi connectivity index (χ1) is 7.82. The summed E-state index contributed by atoms with van der Waals surface area (Å²) in [5.41, 5.74) is 3.80. The Morgan fingerprint density at radius 3 is 2.53 bits per heavy atom. The molecular formula is C14H20N2S. The van der Waals surface area contributed by atoms with Crippen molar-refractivity contribution in [2.75, 3.05) is 0 Å². The minimum atomic E-state index is 0.192. The Balaban J connectivity index is 2.75. The second kappa shape index (κ2) is 3.98. The molecule has 0 bridgehead atoms. The number of hydrogen-bond donors (Lipinski definition) is 1. The summed E-state index contributed by atoms with van der Waals surface area (Å²) in [4.78, 5) is 3.33. The van der Waals surface area contributed by atoms with Gasteiger partial charge in [-0.25, -0.2) is 0 Å². The van der Waals surface area contributed by atoms with E-state index in [2.05, 4.69) is 62.4 Å². The number of H-pyrrole nitrogens is 1. The summed E-state index contributed by atoms with van der Waals surface area (Å²) >= 11 is 5.47. The van der Waals surface area contributed by atoms with Crippen LogP contribution in [0.1, 0.15) is 39.3 Å². The number of aryl methyl sites for hydroxylation is 1. The van der Waals surface area contributed by atoms with E-state index in [-0.39, 0.29) is 5.41 Å². The predicted octanol–water partition coefficient (Wildman–Crippen LogP) is 4.61. The Bertz CT molecular complexity index is 599. The van der Waals surface area contributed by atoms with Crippen molar-refractivity contribution >= 4 is 23.3 Å². The standard InChI is InChI=1S/C14H20N2S/c1-9-7-6-8-11-12(9)15-13(17)16(11)10(2)14(3,4)5/h6-8,10H,1-5H3,(H,15,17). The molecule has 0 saturated carbocycles. The molecule has 3 heteroatoms. The van der Waals surface area contributed by atoms with Crippen molar-refractivity contribution in [3.8, 4) is 0 Å². The van der Waals surface area contributed by atoms with Gasteiger partial charge < -0.3 is 9.55 Å². The van der Waals surface area contributed by atoms with E-state index in [1.54, 1.807) is 0 Å². The molecule has 0 fully saturated rings. The lowest BCUT2D eigenvalue weighted by Gasteiger charge is -2.29. The first-order valence-corrected chi connectivity index (χ1v) is 6.43. The topological polar surface area (TPSA) is 20.7 Å². The number of aromatic amines is 1. The van der Waals surface area contributed by atoms with Crippen LogP contribution in [0.2, 0.25) is 0 Å². The number of benzene rings is 1. The van der Waals surface area contributed by atoms with Crippen molar-refractivity contribution in [1.29, 1.82) is 0 Å². The molecule has 0 saturated heterocycles. The zero-order valence-corrected chi connectivity index (χ0v) is 12.0. The van der Waals surface area contributed by atoms with Crippen molar-refractivity contribution in [1.82, 2.24) is 9.55 Å². The average Bonchev–Trinajstić information content (AvgIpc) is 2.54. The van der Waals surface area contributed by atoms with Crippen LogP contribution in [0, 0.1) is 17.1 Å². The molecule has 2 aromatic rings. The van der Waals surface area contributed by atoms with E-state index in [0.717, 1.165) is 10.3 Å². The van der Waals surface area contributed by atoms with Gasteiger partial charge in [-0.05, 0) is 43.1 Å². The molecule has 1 heterocycles. The molecule has 0 amide bonds. The van der Waals surface area contributed by atoms with Crippen LogP contribution in [0.15, 0.2) is 18.2 Å². The van der Waals surface area contributed by atoms with E-state index >= 15 is 0 Å². The number of aromatic nitrogens is 2. The lowest BCUT2D eigenvalue weighted by molar-refractivity contribution is 0.265. The van der Waals surface area contributed by atoms with Crippen molar-refractivity contribution in [2.24, 2.45) is 5.41 Å². The van der Waals surface area contributed by atoms with Gasteiger partial charge >= 0.3 is 0 Å². The number of imidazole rings is 1. The van der Waals surface area contributed by atoms with Crippen LogP contribution in [0.3, 0.4) is 0 Å². The summed E-state index contributed by atoms with van der Waals surface area (Å²) in [6.07, 6.45) is 0. The smallest absolute Gasteiger partial charge is 0.178 e. The van der Waals surface area contributed by atoms with Gasteiger partial charge in [0, 0.05) is 6.04 Å². The van der Waals surface area contributed by atoms with Crippen LogP contribution in [0.5, 0.6) is 0 Å². The fourth-order valence-corrected chi connectivity index (χ4v) is 2.42. The number of para-hydroxylation sites is 1.